The van der Waals surface area contributed by atoms with Gasteiger partial charge in [0.05, 0.1) is 31.4 Å². The van der Waals surface area contributed by atoms with E-state index in [1.165, 1.54) is 35.3 Å². The first-order chi connectivity index (χ1) is 12.8. The predicted molar refractivity (Wildman–Crippen MR) is 106 cm³/mol. The van der Waals surface area contributed by atoms with Gasteiger partial charge < -0.3 is 14.2 Å². The van der Waals surface area contributed by atoms with Gasteiger partial charge in [-0.3, -0.25) is 4.90 Å². The number of nitrogens with zero attached hydrogens (tertiary/aromatic N) is 4. The fourth-order valence-electron chi connectivity index (χ4n) is 4.26. The molecule has 5 heteroatoms. The number of hydrogen-bond donors (Lipinski definition) is 0. The van der Waals surface area contributed by atoms with E-state index in [9.17, 15) is 0 Å². The maximum absolute atomic E-state index is 5.50. The smallest absolute Gasteiger partial charge is 0.0954 e. The van der Waals surface area contributed by atoms with Crippen molar-refractivity contribution in [2.75, 3.05) is 51.3 Å². The molecule has 1 unspecified atom stereocenters. The zero-order valence-corrected chi connectivity index (χ0v) is 16.0. The number of morpholine rings is 1. The summed E-state index contributed by atoms with van der Waals surface area (Å²) in [5.74, 6) is 0. The first-order valence-electron chi connectivity index (χ1n) is 9.92. The Morgan fingerprint density at radius 3 is 2.85 bits per heavy atom. The first kappa shape index (κ1) is 17.6. The Bertz CT molecular complexity index is 735. The van der Waals surface area contributed by atoms with Crippen LogP contribution in [0.3, 0.4) is 0 Å². The number of hydrogen-bond acceptors (Lipinski definition) is 4. The van der Waals surface area contributed by atoms with E-state index in [1.807, 2.05) is 12.5 Å². The van der Waals surface area contributed by atoms with Crippen molar-refractivity contribution in [3.8, 4) is 11.3 Å². The van der Waals surface area contributed by atoms with Gasteiger partial charge in [0.25, 0.3) is 0 Å². The van der Waals surface area contributed by atoms with Gasteiger partial charge in [0.1, 0.15) is 0 Å². The van der Waals surface area contributed by atoms with Crippen molar-refractivity contribution in [2.24, 2.45) is 0 Å². The number of aryl methyl sites for hydroxylation is 1. The van der Waals surface area contributed by atoms with Crippen molar-refractivity contribution in [3.63, 3.8) is 0 Å². The SMILES string of the molecule is CCC(CN1CCOCC1)n1cncc1-c1ccc2c(c1)CCCN2C. The van der Waals surface area contributed by atoms with Gasteiger partial charge in [0.15, 0.2) is 0 Å². The molecule has 1 atom stereocenters. The third-order valence-electron chi connectivity index (χ3n) is 5.83. The summed E-state index contributed by atoms with van der Waals surface area (Å²) in [5, 5.41) is 0. The number of ether oxygens (including phenoxy) is 1. The van der Waals surface area contributed by atoms with E-state index in [4.69, 9.17) is 4.74 Å². The Hall–Kier alpha value is -1.85. The summed E-state index contributed by atoms with van der Waals surface area (Å²) >= 11 is 0. The van der Waals surface area contributed by atoms with Crippen LogP contribution in [0.5, 0.6) is 0 Å². The molecule has 1 aromatic heterocycles. The average molecular weight is 354 g/mol. The maximum atomic E-state index is 5.50. The Kier molecular flexibility index (Phi) is 5.27. The van der Waals surface area contributed by atoms with E-state index in [0.29, 0.717) is 6.04 Å². The van der Waals surface area contributed by atoms with Crippen LogP contribution in [0.15, 0.2) is 30.7 Å². The number of imidazole rings is 1. The molecule has 0 N–H and O–H groups in total. The normalized spacial score (nSPS) is 19.4. The van der Waals surface area contributed by atoms with Crippen LogP contribution in [0.1, 0.15) is 31.4 Å². The Labute approximate surface area is 156 Å². The van der Waals surface area contributed by atoms with E-state index < -0.39 is 0 Å². The third-order valence-corrected chi connectivity index (χ3v) is 5.83. The highest BCUT2D eigenvalue weighted by atomic mass is 16.5. The minimum Gasteiger partial charge on any atom is -0.379 e. The highest BCUT2D eigenvalue weighted by molar-refractivity contribution is 5.67. The van der Waals surface area contributed by atoms with E-state index in [-0.39, 0.29) is 0 Å². The fourth-order valence-corrected chi connectivity index (χ4v) is 4.26. The number of benzene rings is 1. The zero-order chi connectivity index (χ0) is 17.9. The number of aromatic nitrogens is 2. The predicted octanol–water partition coefficient (Wildman–Crippen LogP) is 3.22. The summed E-state index contributed by atoms with van der Waals surface area (Å²) in [4.78, 5) is 9.38. The van der Waals surface area contributed by atoms with E-state index in [1.54, 1.807) is 0 Å². The monoisotopic (exact) mass is 354 g/mol. The standard InChI is InChI=1S/C21H30N4O/c1-3-19(15-24-9-11-26-12-10-24)25-16-22-14-21(25)18-6-7-20-17(13-18)5-4-8-23(20)2/h6-7,13-14,16,19H,3-5,8-12,15H2,1-2H3. The second-order valence-corrected chi connectivity index (χ2v) is 7.53. The minimum absolute atomic E-state index is 0.448. The molecule has 2 aliphatic rings. The number of fused-ring (bicyclic) bond motifs is 1. The molecule has 0 spiro atoms. The fraction of sp³-hybridized carbons (Fsp3) is 0.571. The van der Waals surface area contributed by atoms with Gasteiger partial charge in [-0.25, -0.2) is 4.98 Å². The molecule has 0 amide bonds. The Morgan fingerprint density at radius 2 is 2.04 bits per heavy atom. The van der Waals surface area contributed by atoms with Crippen molar-refractivity contribution in [2.45, 2.75) is 32.2 Å². The third kappa shape index (κ3) is 3.51. The lowest BCUT2D eigenvalue weighted by Crippen LogP contribution is -2.39. The molecule has 1 aromatic carbocycles. The van der Waals surface area contributed by atoms with Gasteiger partial charge in [-0.15, -0.1) is 0 Å². The van der Waals surface area contributed by atoms with Crippen LogP contribution in [0.4, 0.5) is 5.69 Å². The van der Waals surface area contributed by atoms with Gasteiger partial charge in [-0.1, -0.05) is 13.0 Å². The maximum Gasteiger partial charge on any atom is 0.0954 e. The van der Waals surface area contributed by atoms with Crippen LogP contribution in [-0.2, 0) is 11.2 Å². The van der Waals surface area contributed by atoms with Gasteiger partial charge >= 0.3 is 0 Å². The van der Waals surface area contributed by atoms with Gasteiger partial charge in [0, 0.05) is 50.5 Å². The molecule has 2 aromatic rings. The molecule has 1 saturated heterocycles. The Balaban J connectivity index is 1.59. The van der Waals surface area contributed by atoms with Crippen LogP contribution in [-0.4, -0.2) is 60.9 Å². The van der Waals surface area contributed by atoms with E-state index >= 15 is 0 Å². The largest absolute Gasteiger partial charge is 0.379 e. The molecule has 0 radical (unpaired) electrons. The quantitative estimate of drug-likeness (QED) is 0.826. The summed E-state index contributed by atoms with van der Waals surface area (Å²) in [6.07, 6.45) is 7.55. The average Bonchev–Trinajstić information content (AvgIpc) is 3.16. The minimum atomic E-state index is 0.448. The van der Waals surface area contributed by atoms with E-state index in [2.05, 4.69) is 51.5 Å². The molecule has 3 heterocycles. The van der Waals surface area contributed by atoms with Gasteiger partial charge in [-0.05, 0) is 37.0 Å². The zero-order valence-electron chi connectivity index (χ0n) is 16.0. The molecule has 0 bridgehead atoms. The molecule has 5 nitrogen and oxygen atoms in total. The lowest BCUT2D eigenvalue weighted by molar-refractivity contribution is 0.0313. The molecular formula is C21H30N4O. The number of rotatable bonds is 5. The lowest BCUT2D eigenvalue weighted by atomic mass is 9.98. The lowest BCUT2D eigenvalue weighted by Gasteiger charge is -2.31. The van der Waals surface area contributed by atoms with Crippen molar-refractivity contribution < 1.29 is 4.74 Å². The van der Waals surface area contributed by atoms with Crippen molar-refractivity contribution >= 4 is 5.69 Å². The van der Waals surface area contributed by atoms with Gasteiger partial charge in [-0.2, -0.15) is 0 Å². The molecule has 0 saturated carbocycles. The Morgan fingerprint density at radius 1 is 1.19 bits per heavy atom. The van der Waals surface area contributed by atoms with Crippen molar-refractivity contribution in [1.29, 1.82) is 0 Å². The van der Waals surface area contributed by atoms with Crippen LogP contribution < -0.4 is 4.90 Å². The summed E-state index contributed by atoms with van der Waals surface area (Å²) < 4.78 is 7.87. The van der Waals surface area contributed by atoms with Crippen LogP contribution in [0.2, 0.25) is 0 Å². The molecule has 26 heavy (non-hydrogen) atoms. The first-order valence-corrected chi connectivity index (χ1v) is 9.92. The summed E-state index contributed by atoms with van der Waals surface area (Å²) in [6, 6.07) is 7.36. The summed E-state index contributed by atoms with van der Waals surface area (Å²) in [5.41, 5.74) is 5.37. The van der Waals surface area contributed by atoms with Crippen LogP contribution >= 0.6 is 0 Å². The van der Waals surface area contributed by atoms with Crippen LogP contribution in [0, 0.1) is 0 Å². The van der Waals surface area contributed by atoms with E-state index in [0.717, 1.165) is 45.8 Å². The highest BCUT2D eigenvalue weighted by Gasteiger charge is 2.20. The molecular weight excluding hydrogens is 324 g/mol. The molecule has 0 aliphatic carbocycles. The summed E-state index contributed by atoms with van der Waals surface area (Å²) in [6.45, 7) is 8.27. The van der Waals surface area contributed by atoms with Crippen molar-refractivity contribution in [1.82, 2.24) is 14.5 Å². The van der Waals surface area contributed by atoms with Crippen LogP contribution in [0.25, 0.3) is 11.3 Å². The molecule has 4 rings (SSSR count). The topological polar surface area (TPSA) is 33.5 Å². The van der Waals surface area contributed by atoms with Crippen molar-refractivity contribution in [3.05, 3.63) is 36.3 Å². The second-order valence-electron chi connectivity index (χ2n) is 7.53. The summed E-state index contributed by atoms with van der Waals surface area (Å²) in [7, 11) is 2.19. The molecule has 1 fully saturated rings. The number of anilines is 1. The second kappa shape index (κ2) is 7.80. The molecule has 2 aliphatic heterocycles. The molecule has 140 valence electrons. The highest BCUT2D eigenvalue weighted by Crippen LogP contribution is 2.32. The van der Waals surface area contributed by atoms with Gasteiger partial charge in [0.2, 0.25) is 0 Å².